The number of fused-ring (bicyclic) bond motifs is 1. The van der Waals surface area contributed by atoms with Crippen LogP contribution < -0.4 is 5.32 Å². The highest BCUT2D eigenvalue weighted by Crippen LogP contribution is 2.17. The third kappa shape index (κ3) is 5.15. The number of hydrogen-bond acceptors (Lipinski definition) is 5. The number of carbonyl (C=O) groups is 1. The first-order valence-electron chi connectivity index (χ1n) is 10.4. The van der Waals surface area contributed by atoms with Crippen LogP contribution in [0.5, 0.6) is 0 Å². The fraction of sp³-hybridized carbons (Fsp3) is 0.571. The van der Waals surface area contributed by atoms with Gasteiger partial charge in [-0.3, -0.25) is 9.69 Å². The van der Waals surface area contributed by atoms with Gasteiger partial charge in [-0.1, -0.05) is 23.7 Å². The lowest BCUT2D eigenvalue weighted by Crippen LogP contribution is -2.41. The lowest BCUT2D eigenvalue weighted by atomic mass is 9.98. The van der Waals surface area contributed by atoms with Crippen LogP contribution >= 0.6 is 11.6 Å². The molecule has 4 rings (SSSR count). The van der Waals surface area contributed by atoms with Crippen molar-refractivity contribution in [1.29, 1.82) is 0 Å². The van der Waals surface area contributed by atoms with E-state index in [9.17, 15) is 4.79 Å². The summed E-state index contributed by atoms with van der Waals surface area (Å²) in [6, 6.07) is 8.04. The summed E-state index contributed by atoms with van der Waals surface area (Å²) in [5.41, 5.74) is 1.26. The lowest BCUT2D eigenvalue weighted by molar-refractivity contribution is -0.126. The van der Waals surface area contributed by atoms with Crippen LogP contribution in [0.15, 0.2) is 24.3 Å². The van der Waals surface area contributed by atoms with Crippen molar-refractivity contribution in [3.8, 4) is 0 Å². The van der Waals surface area contributed by atoms with E-state index in [2.05, 4.69) is 49.1 Å². The number of rotatable bonds is 5. The zero-order valence-electron chi connectivity index (χ0n) is 17.0. The van der Waals surface area contributed by atoms with Gasteiger partial charge < -0.3 is 14.8 Å². The van der Waals surface area contributed by atoms with E-state index >= 15 is 0 Å². The van der Waals surface area contributed by atoms with Gasteiger partial charge in [0.05, 0.1) is 12.5 Å². The van der Waals surface area contributed by atoms with Crippen LogP contribution in [-0.4, -0.2) is 63.7 Å². The minimum atomic E-state index is 0.0788. The van der Waals surface area contributed by atoms with E-state index in [0.29, 0.717) is 6.54 Å². The standard InChI is InChI=1S/C21H29ClN6O/c1-26-9-2-3-17(15-26)21(29)23-13-20-25-24-19-8-10-27(11-12-28(19)20)14-16-4-6-18(22)7-5-16/h4-7,17H,2-3,8-15H2,1H3,(H,23,29). The van der Waals surface area contributed by atoms with Crippen molar-refractivity contribution in [3.63, 3.8) is 0 Å². The SMILES string of the molecule is CN1CCCC(C(=O)NCc2nnc3n2CCN(Cc2ccc(Cl)cc2)CC3)C1. The molecule has 1 saturated heterocycles. The van der Waals surface area contributed by atoms with Gasteiger partial charge in [0, 0.05) is 44.2 Å². The summed E-state index contributed by atoms with van der Waals surface area (Å²) in [6.07, 6.45) is 2.91. The van der Waals surface area contributed by atoms with E-state index in [0.717, 1.165) is 75.2 Å². The maximum Gasteiger partial charge on any atom is 0.224 e. The van der Waals surface area contributed by atoms with Gasteiger partial charge in [0.15, 0.2) is 5.82 Å². The molecule has 0 bridgehead atoms. The summed E-state index contributed by atoms with van der Waals surface area (Å²) in [5, 5.41) is 12.6. The minimum Gasteiger partial charge on any atom is -0.349 e. The number of hydrogen-bond donors (Lipinski definition) is 1. The molecule has 1 amide bonds. The second-order valence-corrected chi connectivity index (χ2v) is 8.59. The molecule has 2 aliphatic heterocycles. The normalized spacial score (nSPS) is 20.8. The number of aromatic nitrogens is 3. The third-order valence-electron chi connectivity index (χ3n) is 5.93. The maximum atomic E-state index is 12.5. The van der Waals surface area contributed by atoms with Gasteiger partial charge in [0.25, 0.3) is 0 Å². The Kier molecular flexibility index (Phi) is 6.47. The molecule has 1 aromatic heterocycles. The van der Waals surface area contributed by atoms with Gasteiger partial charge in [-0.05, 0) is 44.1 Å². The molecule has 8 heteroatoms. The third-order valence-corrected chi connectivity index (χ3v) is 6.18. The summed E-state index contributed by atoms with van der Waals surface area (Å²) < 4.78 is 2.18. The average molecular weight is 417 g/mol. The first-order chi connectivity index (χ1) is 14.1. The van der Waals surface area contributed by atoms with E-state index in [1.165, 1.54) is 5.56 Å². The first kappa shape index (κ1) is 20.3. The Morgan fingerprint density at radius 2 is 2.00 bits per heavy atom. The molecular formula is C21H29ClN6O. The van der Waals surface area contributed by atoms with Crippen LogP contribution in [0.2, 0.25) is 5.02 Å². The summed E-state index contributed by atoms with van der Waals surface area (Å²) >= 11 is 5.99. The molecule has 29 heavy (non-hydrogen) atoms. The predicted molar refractivity (Wildman–Crippen MR) is 113 cm³/mol. The summed E-state index contributed by atoms with van der Waals surface area (Å²) in [6.45, 7) is 5.98. The van der Waals surface area contributed by atoms with Crippen molar-refractivity contribution in [2.45, 2.75) is 38.9 Å². The molecule has 1 atom stereocenters. The van der Waals surface area contributed by atoms with Crippen LogP contribution in [0.1, 0.15) is 30.1 Å². The zero-order valence-corrected chi connectivity index (χ0v) is 17.7. The van der Waals surface area contributed by atoms with E-state index in [4.69, 9.17) is 11.6 Å². The molecule has 3 heterocycles. The van der Waals surface area contributed by atoms with Crippen molar-refractivity contribution >= 4 is 17.5 Å². The molecule has 0 radical (unpaired) electrons. The minimum absolute atomic E-state index is 0.0788. The number of piperidine rings is 1. The second kappa shape index (κ2) is 9.24. The Morgan fingerprint density at radius 1 is 1.17 bits per heavy atom. The summed E-state index contributed by atoms with van der Waals surface area (Å²) in [7, 11) is 2.08. The quantitative estimate of drug-likeness (QED) is 0.806. The average Bonchev–Trinajstić information content (AvgIpc) is 3.00. The number of carbonyl (C=O) groups excluding carboxylic acids is 1. The number of likely N-dealkylation sites (tertiary alicyclic amines) is 1. The van der Waals surface area contributed by atoms with Gasteiger partial charge in [0.2, 0.25) is 5.91 Å². The first-order valence-corrected chi connectivity index (χ1v) is 10.8. The highest BCUT2D eigenvalue weighted by molar-refractivity contribution is 6.30. The van der Waals surface area contributed by atoms with E-state index < -0.39 is 0 Å². The lowest BCUT2D eigenvalue weighted by Gasteiger charge is -2.28. The molecule has 7 nitrogen and oxygen atoms in total. The van der Waals surface area contributed by atoms with E-state index in [1.807, 2.05) is 12.1 Å². The molecule has 1 aromatic carbocycles. The number of nitrogens with zero attached hydrogens (tertiary/aromatic N) is 5. The molecule has 0 spiro atoms. The fourth-order valence-electron chi connectivity index (χ4n) is 4.25. The van der Waals surface area contributed by atoms with Gasteiger partial charge in [-0.2, -0.15) is 0 Å². The predicted octanol–water partition coefficient (Wildman–Crippen LogP) is 1.95. The van der Waals surface area contributed by atoms with Gasteiger partial charge in [-0.15, -0.1) is 10.2 Å². The second-order valence-electron chi connectivity index (χ2n) is 8.16. The Labute approximate surface area is 177 Å². The van der Waals surface area contributed by atoms with Crippen molar-refractivity contribution in [1.82, 2.24) is 29.9 Å². The Balaban J connectivity index is 1.32. The van der Waals surface area contributed by atoms with E-state index in [-0.39, 0.29) is 11.8 Å². The van der Waals surface area contributed by atoms with E-state index in [1.54, 1.807) is 0 Å². The largest absolute Gasteiger partial charge is 0.349 e. The van der Waals surface area contributed by atoms with Crippen LogP contribution in [0.4, 0.5) is 0 Å². The molecule has 0 saturated carbocycles. The molecule has 156 valence electrons. The molecule has 2 aromatic rings. The van der Waals surface area contributed by atoms with Crippen molar-refractivity contribution < 1.29 is 4.79 Å². The number of amides is 1. The van der Waals surface area contributed by atoms with Crippen LogP contribution in [0.25, 0.3) is 0 Å². The van der Waals surface area contributed by atoms with Crippen LogP contribution in [-0.2, 0) is 30.8 Å². The van der Waals surface area contributed by atoms with Crippen molar-refractivity contribution in [2.75, 3.05) is 33.2 Å². The molecule has 1 N–H and O–H groups in total. The Morgan fingerprint density at radius 3 is 2.79 bits per heavy atom. The molecule has 1 fully saturated rings. The van der Waals surface area contributed by atoms with Crippen LogP contribution in [0.3, 0.4) is 0 Å². The molecular weight excluding hydrogens is 388 g/mol. The smallest absolute Gasteiger partial charge is 0.224 e. The van der Waals surface area contributed by atoms with Gasteiger partial charge >= 0.3 is 0 Å². The highest BCUT2D eigenvalue weighted by atomic mass is 35.5. The van der Waals surface area contributed by atoms with Crippen molar-refractivity contribution in [3.05, 3.63) is 46.5 Å². The van der Waals surface area contributed by atoms with Crippen molar-refractivity contribution in [2.24, 2.45) is 5.92 Å². The highest BCUT2D eigenvalue weighted by Gasteiger charge is 2.25. The summed E-state index contributed by atoms with van der Waals surface area (Å²) in [5.74, 6) is 2.07. The zero-order chi connectivity index (χ0) is 20.2. The van der Waals surface area contributed by atoms with Gasteiger partial charge in [0.1, 0.15) is 5.82 Å². The Hall–Kier alpha value is -1.96. The topological polar surface area (TPSA) is 66.3 Å². The monoisotopic (exact) mass is 416 g/mol. The number of halogens is 1. The fourth-order valence-corrected chi connectivity index (χ4v) is 4.38. The maximum absolute atomic E-state index is 12.5. The molecule has 2 aliphatic rings. The van der Waals surface area contributed by atoms with Crippen LogP contribution in [0, 0.1) is 5.92 Å². The number of benzene rings is 1. The van der Waals surface area contributed by atoms with Gasteiger partial charge in [-0.25, -0.2) is 0 Å². The number of nitrogens with one attached hydrogen (secondary N) is 1. The molecule has 1 unspecified atom stereocenters. The molecule has 0 aliphatic carbocycles. The Bertz CT molecular complexity index is 836. The summed E-state index contributed by atoms with van der Waals surface area (Å²) in [4.78, 5) is 17.2.